The average molecular weight is 216 g/mol. The summed E-state index contributed by atoms with van der Waals surface area (Å²) < 4.78 is 0. The van der Waals surface area contributed by atoms with Crippen molar-refractivity contribution >= 4 is 12.2 Å². The fourth-order valence-corrected chi connectivity index (χ4v) is 1.99. The van der Waals surface area contributed by atoms with Crippen LogP contribution in [-0.2, 0) is 22.6 Å². The monoisotopic (exact) mass is 216 g/mol. The molecule has 1 aliphatic heterocycles. The smallest absolute Gasteiger partial charge is 0.223 e. The molecule has 0 fully saturated rings. The molecule has 1 aliphatic rings. The minimum absolute atomic E-state index is 0.0293. The fourth-order valence-electron chi connectivity index (χ4n) is 1.99. The normalized spacial score (nSPS) is 14.4. The Morgan fingerprint density at radius 3 is 2.81 bits per heavy atom. The number of carbonyl (C=O) groups is 2. The van der Waals surface area contributed by atoms with Gasteiger partial charge in [-0.15, -0.1) is 0 Å². The number of nitrogens with zero attached hydrogens (tertiary/aromatic N) is 1. The van der Waals surface area contributed by atoms with Gasteiger partial charge >= 0.3 is 0 Å². The topological polar surface area (TPSA) is 37.4 Å². The van der Waals surface area contributed by atoms with Gasteiger partial charge in [0.15, 0.2) is 0 Å². The number of aldehydes is 1. The van der Waals surface area contributed by atoms with E-state index in [1.54, 1.807) is 0 Å². The van der Waals surface area contributed by atoms with Gasteiger partial charge in [0.05, 0.1) is 0 Å². The molecule has 1 aromatic rings. The number of fused-ring (bicyclic) bond motifs is 1. The minimum Gasteiger partial charge on any atom is -0.338 e. The third-order valence-corrected chi connectivity index (χ3v) is 2.87. The molecule has 0 unspecified atom stereocenters. The van der Waals surface area contributed by atoms with Crippen LogP contribution < -0.4 is 0 Å². The van der Waals surface area contributed by atoms with E-state index in [0.717, 1.165) is 13.0 Å². The maximum Gasteiger partial charge on any atom is 0.223 e. The van der Waals surface area contributed by atoms with Gasteiger partial charge in [-0.3, -0.25) is 4.79 Å². The highest BCUT2D eigenvalue weighted by Gasteiger charge is 2.19. The van der Waals surface area contributed by atoms with Crippen LogP contribution in [0.15, 0.2) is 24.3 Å². The molecule has 0 saturated heterocycles. The molecule has 1 heterocycles. The van der Waals surface area contributed by atoms with Gasteiger partial charge in [0, 0.05) is 25.9 Å². The standard InChI is InChI=1S/C13H14NO2/c15-9-3-6-13(16)14-8-7-11-4-1-2-5-12(11)10-14/h1-5,9H,6-8,10H2. The van der Waals surface area contributed by atoms with Gasteiger partial charge in [-0.25, -0.2) is 0 Å². The van der Waals surface area contributed by atoms with Crippen LogP contribution in [0.1, 0.15) is 17.5 Å². The molecular formula is C13H14NO2. The number of benzene rings is 1. The van der Waals surface area contributed by atoms with Crippen LogP contribution in [0.3, 0.4) is 0 Å². The molecule has 0 atom stereocenters. The van der Waals surface area contributed by atoms with E-state index in [1.165, 1.54) is 17.5 Å². The van der Waals surface area contributed by atoms with E-state index in [4.69, 9.17) is 0 Å². The maximum atomic E-state index is 11.7. The summed E-state index contributed by atoms with van der Waals surface area (Å²) in [4.78, 5) is 23.7. The molecule has 16 heavy (non-hydrogen) atoms. The molecular weight excluding hydrogens is 202 g/mol. The summed E-state index contributed by atoms with van der Waals surface area (Å²) in [7, 11) is 0. The highest BCUT2D eigenvalue weighted by atomic mass is 16.2. The van der Waals surface area contributed by atoms with Crippen molar-refractivity contribution in [1.82, 2.24) is 4.90 Å². The number of amides is 1. The average Bonchev–Trinajstić information content (AvgIpc) is 2.35. The number of hydrogen-bond donors (Lipinski definition) is 0. The third-order valence-electron chi connectivity index (χ3n) is 2.87. The van der Waals surface area contributed by atoms with Crippen molar-refractivity contribution in [3.8, 4) is 0 Å². The molecule has 3 heteroatoms. The summed E-state index contributed by atoms with van der Waals surface area (Å²) in [5.41, 5.74) is 2.54. The van der Waals surface area contributed by atoms with Gasteiger partial charge in [0.1, 0.15) is 6.29 Å². The van der Waals surface area contributed by atoms with Crippen molar-refractivity contribution in [2.24, 2.45) is 0 Å². The Kier molecular flexibility index (Phi) is 3.34. The van der Waals surface area contributed by atoms with Gasteiger partial charge < -0.3 is 9.69 Å². The predicted octanol–water partition coefficient (Wildman–Crippen LogP) is 1.36. The van der Waals surface area contributed by atoms with Crippen LogP contribution >= 0.6 is 0 Å². The molecule has 1 radical (unpaired) electrons. The van der Waals surface area contributed by atoms with Crippen LogP contribution in [-0.4, -0.2) is 23.6 Å². The fraction of sp³-hybridized carbons (Fsp3) is 0.308. The number of carbonyl (C=O) groups excluding carboxylic acids is 2. The second-order valence-electron chi connectivity index (χ2n) is 3.91. The molecule has 0 N–H and O–H groups in total. The Balaban J connectivity index is 2.02. The van der Waals surface area contributed by atoms with Gasteiger partial charge in [0.2, 0.25) is 5.91 Å². The van der Waals surface area contributed by atoms with Gasteiger partial charge in [-0.05, 0) is 17.5 Å². The van der Waals surface area contributed by atoms with E-state index in [0.29, 0.717) is 12.8 Å². The summed E-state index contributed by atoms with van der Waals surface area (Å²) in [6.45, 7) is 1.42. The van der Waals surface area contributed by atoms with Gasteiger partial charge in [-0.2, -0.15) is 0 Å². The minimum atomic E-state index is 0.0293. The molecule has 1 aromatic carbocycles. The lowest BCUT2D eigenvalue weighted by Gasteiger charge is -2.28. The van der Waals surface area contributed by atoms with E-state index >= 15 is 0 Å². The van der Waals surface area contributed by atoms with Crippen molar-refractivity contribution in [3.05, 3.63) is 41.8 Å². The Morgan fingerprint density at radius 1 is 1.31 bits per heavy atom. The first-order chi connectivity index (χ1) is 7.81. The Bertz CT molecular complexity index is 401. The number of rotatable bonds is 3. The first kappa shape index (κ1) is 10.9. The van der Waals surface area contributed by atoms with Gasteiger partial charge in [-0.1, -0.05) is 24.3 Å². The lowest BCUT2D eigenvalue weighted by molar-refractivity contribution is -0.131. The van der Waals surface area contributed by atoms with E-state index in [2.05, 4.69) is 12.1 Å². The highest BCUT2D eigenvalue weighted by molar-refractivity contribution is 5.82. The Labute approximate surface area is 95.1 Å². The molecule has 0 spiro atoms. The summed E-state index contributed by atoms with van der Waals surface area (Å²) in [6.07, 6.45) is 3.16. The molecule has 0 aromatic heterocycles. The van der Waals surface area contributed by atoms with Crippen LogP contribution in [0.5, 0.6) is 0 Å². The largest absolute Gasteiger partial charge is 0.338 e. The van der Waals surface area contributed by atoms with Crippen molar-refractivity contribution < 1.29 is 9.59 Å². The molecule has 2 rings (SSSR count). The molecule has 1 amide bonds. The van der Waals surface area contributed by atoms with E-state index in [1.807, 2.05) is 17.0 Å². The van der Waals surface area contributed by atoms with Crippen LogP contribution in [0, 0.1) is 6.42 Å². The lowest BCUT2D eigenvalue weighted by Crippen LogP contribution is -2.35. The summed E-state index contributed by atoms with van der Waals surface area (Å²) in [6, 6.07) is 8.17. The lowest BCUT2D eigenvalue weighted by atomic mass is 10.00. The molecule has 0 bridgehead atoms. The first-order valence-electron chi connectivity index (χ1n) is 5.43. The van der Waals surface area contributed by atoms with E-state index in [-0.39, 0.29) is 12.3 Å². The second-order valence-corrected chi connectivity index (χ2v) is 3.91. The third kappa shape index (κ3) is 2.30. The van der Waals surface area contributed by atoms with E-state index < -0.39 is 0 Å². The summed E-state index contributed by atoms with van der Waals surface area (Å²) in [5.74, 6) is 0.0293. The Hall–Kier alpha value is -1.64. The Morgan fingerprint density at radius 2 is 2.06 bits per heavy atom. The number of hydrogen-bond acceptors (Lipinski definition) is 2. The molecule has 83 valence electrons. The molecule has 0 aliphatic carbocycles. The highest BCUT2D eigenvalue weighted by Crippen LogP contribution is 2.18. The van der Waals surface area contributed by atoms with Crippen LogP contribution in [0.2, 0.25) is 0 Å². The quantitative estimate of drug-likeness (QED) is 0.715. The molecule has 3 nitrogen and oxygen atoms in total. The maximum absolute atomic E-state index is 11.7. The SMILES string of the molecule is O=C[CH]CC(=O)N1CCc2ccccc2C1. The van der Waals surface area contributed by atoms with Crippen molar-refractivity contribution in [2.75, 3.05) is 6.54 Å². The van der Waals surface area contributed by atoms with E-state index in [9.17, 15) is 9.59 Å². The van der Waals surface area contributed by atoms with Crippen molar-refractivity contribution in [2.45, 2.75) is 19.4 Å². The van der Waals surface area contributed by atoms with Crippen LogP contribution in [0.25, 0.3) is 0 Å². The zero-order valence-electron chi connectivity index (χ0n) is 9.06. The van der Waals surface area contributed by atoms with Crippen LogP contribution in [0.4, 0.5) is 0 Å². The van der Waals surface area contributed by atoms with Crippen molar-refractivity contribution in [1.29, 1.82) is 0 Å². The zero-order valence-corrected chi connectivity index (χ0v) is 9.06. The summed E-state index contributed by atoms with van der Waals surface area (Å²) in [5, 5.41) is 0. The van der Waals surface area contributed by atoms with Gasteiger partial charge in [0.25, 0.3) is 0 Å². The zero-order chi connectivity index (χ0) is 11.4. The summed E-state index contributed by atoms with van der Waals surface area (Å²) >= 11 is 0. The molecule has 0 saturated carbocycles. The second kappa shape index (κ2) is 4.92. The first-order valence-corrected chi connectivity index (χ1v) is 5.43. The van der Waals surface area contributed by atoms with Crippen molar-refractivity contribution in [3.63, 3.8) is 0 Å². The predicted molar refractivity (Wildman–Crippen MR) is 60.5 cm³/mol.